The molecule has 0 amide bonds. The van der Waals surface area contributed by atoms with Crippen LogP contribution in [0.1, 0.15) is 39.5 Å². The maximum absolute atomic E-state index is 11.2. The fraction of sp³-hybridized carbons (Fsp3) is 0.909. The van der Waals surface area contributed by atoms with Crippen molar-refractivity contribution >= 4 is 5.97 Å². The van der Waals surface area contributed by atoms with Crippen molar-refractivity contribution in [3.63, 3.8) is 0 Å². The lowest BCUT2D eigenvalue weighted by atomic mass is 9.99. The molecule has 1 saturated carbocycles. The molecule has 0 aliphatic heterocycles. The van der Waals surface area contributed by atoms with E-state index in [-0.39, 0.29) is 12.0 Å². The number of nitrogens with one attached hydrogen (secondary N) is 1. The molecule has 1 fully saturated rings. The van der Waals surface area contributed by atoms with E-state index in [2.05, 4.69) is 17.0 Å². The molecule has 1 unspecified atom stereocenters. The van der Waals surface area contributed by atoms with Crippen molar-refractivity contribution in [2.75, 3.05) is 7.11 Å². The summed E-state index contributed by atoms with van der Waals surface area (Å²) in [6.45, 7) is 4.02. The van der Waals surface area contributed by atoms with Crippen molar-refractivity contribution < 1.29 is 9.53 Å². The van der Waals surface area contributed by atoms with E-state index in [9.17, 15) is 4.79 Å². The molecule has 82 valence electrons. The topological polar surface area (TPSA) is 38.3 Å². The average Bonchev–Trinajstić information content (AvgIpc) is 2.69. The van der Waals surface area contributed by atoms with Crippen LogP contribution in [0.5, 0.6) is 0 Å². The summed E-state index contributed by atoms with van der Waals surface area (Å²) in [6.07, 6.45) is 5.26. The number of esters is 1. The molecule has 0 radical (unpaired) electrons. The highest BCUT2D eigenvalue weighted by Gasteiger charge is 2.24. The molecule has 1 N–H and O–H groups in total. The van der Waals surface area contributed by atoms with Crippen LogP contribution in [0.2, 0.25) is 0 Å². The van der Waals surface area contributed by atoms with Gasteiger partial charge in [0.1, 0.15) is 6.04 Å². The minimum Gasteiger partial charge on any atom is -0.468 e. The van der Waals surface area contributed by atoms with Gasteiger partial charge >= 0.3 is 5.97 Å². The average molecular weight is 199 g/mol. The summed E-state index contributed by atoms with van der Waals surface area (Å²) in [6, 6.07) is 0.238. The van der Waals surface area contributed by atoms with Crippen molar-refractivity contribution in [1.29, 1.82) is 0 Å². The predicted octanol–water partition coefficient (Wildman–Crippen LogP) is 1.72. The molecule has 0 aromatic rings. The highest BCUT2D eigenvalue weighted by Crippen LogP contribution is 2.27. The number of hydrogen-bond acceptors (Lipinski definition) is 3. The van der Waals surface area contributed by atoms with Crippen LogP contribution < -0.4 is 5.32 Å². The summed E-state index contributed by atoms with van der Waals surface area (Å²) in [5, 5.41) is 3.30. The van der Waals surface area contributed by atoms with E-state index < -0.39 is 0 Å². The van der Waals surface area contributed by atoms with E-state index in [1.165, 1.54) is 32.8 Å². The van der Waals surface area contributed by atoms with Gasteiger partial charge in [-0.1, -0.05) is 12.8 Å². The van der Waals surface area contributed by atoms with E-state index in [4.69, 9.17) is 0 Å². The Morgan fingerprint density at radius 2 is 1.93 bits per heavy atom. The molecule has 0 spiro atoms. The van der Waals surface area contributed by atoms with Gasteiger partial charge in [-0.3, -0.25) is 4.79 Å². The van der Waals surface area contributed by atoms with Gasteiger partial charge in [-0.2, -0.15) is 0 Å². The van der Waals surface area contributed by atoms with Crippen molar-refractivity contribution in [1.82, 2.24) is 5.32 Å². The fourth-order valence-electron chi connectivity index (χ4n) is 2.23. The Kier molecular flexibility index (Phi) is 4.39. The molecule has 3 nitrogen and oxygen atoms in total. The van der Waals surface area contributed by atoms with Crippen LogP contribution in [0.25, 0.3) is 0 Å². The lowest BCUT2D eigenvalue weighted by molar-refractivity contribution is -0.142. The molecule has 14 heavy (non-hydrogen) atoms. The minimum atomic E-state index is -0.185. The Balaban J connectivity index is 2.31. The number of hydrogen-bond donors (Lipinski definition) is 1. The summed E-state index contributed by atoms with van der Waals surface area (Å²) in [7, 11) is 1.43. The van der Waals surface area contributed by atoms with Crippen molar-refractivity contribution in [2.45, 2.75) is 51.6 Å². The van der Waals surface area contributed by atoms with Crippen molar-refractivity contribution in [3.8, 4) is 0 Å². The normalized spacial score (nSPS) is 21.9. The second-order valence-electron chi connectivity index (χ2n) is 4.24. The summed E-state index contributed by atoms with van der Waals surface area (Å²) in [5.74, 6) is 0.567. The number of rotatable bonds is 4. The van der Waals surface area contributed by atoms with Crippen LogP contribution in [0, 0.1) is 5.92 Å². The summed E-state index contributed by atoms with van der Waals surface area (Å²) < 4.78 is 4.67. The molecular formula is C11H21NO2. The van der Waals surface area contributed by atoms with Gasteiger partial charge in [0.15, 0.2) is 0 Å². The van der Waals surface area contributed by atoms with E-state index in [0.717, 1.165) is 5.92 Å². The quantitative estimate of drug-likeness (QED) is 0.701. The van der Waals surface area contributed by atoms with Crippen LogP contribution in [-0.4, -0.2) is 25.2 Å². The maximum atomic E-state index is 11.2. The first kappa shape index (κ1) is 11.5. The Morgan fingerprint density at radius 1 is 1.36 bits per heavy atom. The lowest BCUT2D eigenvalue weighted by Gasteiger charge is -2.23. The van der Waals surface area contributed by atoms with Gasteiger partial charge in [0.05, 0.1) is 7.11 Å². The van der Waals surface area contributed by atoms with E-state index in [1.807, 2.05) is 6.92 Å². The van der Waals surface area contributed by atoms with Crippen LogP contribution in [0.4, 0.5) is 0 Å². The summed E-state index contributed by atoms with van der Waals surface area (Å²) in [5.41, 5.74) is 0. The first-order chi connectivity index (χ1) is 6.65. The molecule has 2 atom stereocenters. The van der Waals surface area contributed by atoms with Gasteiger partial charge in [0.2, 0.25) is 0 Å². The molecule has 1 rings (SSSR count). The van der Waals surface area contributed by atoms with Gasteiger partial charge < -0.3 is 10.1 Å². The molecule has 3 heteroatoms. The molecule has 0 heterocycles. The zero-order chi connectivity index (χ0) is 10.6. The van der Waals surface area contributed by atoms with Crippen LogP contribution in [-0.2, 0) is 9.53 Å². The number of carbonyl (C=O) groups excluding carboxylic acids is 1. The van der Waals surface area contributed by atoms with Crippen molar-refractivity contribution in [2.24, 2.45) is 5.92 Å². The third-order valence-corrected chi connectivity index (χ3v) is 3.17. The molecular weight excluding hydrogens is 178 g/mol. The SMILES string of the molecule is COC(=O)C(C)N[C@@H](C)C1CCCC1. The minimum absolute atomic E-state index is 0.171. The molecule has 0 aromatic heterocycles. The van der Waals surface area contributed by atoms with Gasteiger partial charge in [0, 0.05) is 6.04 Å². The Hall–Kier alpha value is -0.570. The third-order valence-electron chi connectivity index (χ3n) is 3.17. The molecule has 0 bridgehead atoms. The molecule has 0 saturated heterocycles. The van der Waals surface area contributed by atoms with Gasteiger partial charge in [0.25, 0.3) is 0 Å². The van der Waals surface area contributed by atoms with Gasteiger partial charge in [-0.05, 0) is 32.6 Å². The smallest absolute Gasteiger partial charge is 0.322 e. The van der Waals surface area contributed by atoms with Crippen LogP contribution in [0.3, 0.4) is 0 Å². The molecule has 1 aliphatic carbocycles. The van der Waals surface area contributed by atoms with Gasteiger partial charge in [-0.25, -0.2) is 0 Å². The van der Waals surface area contributed by atoms with E-state index in [1.54, 1.807) is 0 Å². The second kappa shape index (κ2) is 5.35. The first-order valence-electron chi connectivity index (χ1n) is 5.49. The first-order valence-corrected chi connectivity index (χ1v) is 5.49. The largest absolute Gasteiger partial charge is 0.468 e. The standard InChI is InChI=1S/C11H21NO2/c1-8(10-6-4-5-7-10)12-9(2)11(13)14-3/h8-10,12H,4-7H2,1-3H3/t8-,9?/m0/s1. The second-order valence-corrected chi connectivity index (χ2v) is 4.24. The van der Waals surface area contributed by atoms with Gasteiger partial charge in [-0.15, -0.1) is 0 Å². The van der Waals surface area contributed by atoms with E-state index >= 15 is 0 Å². The summed E-state index contributed by atoms with van der Waals surface area (Å²) in [4.78, 5) is 11.2. The number of methoxy groups -OCH3 is 1. The number of carbonyl (C=O) groups is 1. The Morgan fingerprint density at radius 3 is 2.43 bits per heavy atom. The molecule has 1 aliphatic rings. The highest BCUT2D eigenvalue weighted by molar-refractivity contribution is 5.75. The zero-order valence-electron chi connectivity index (χ0n) is 9.38. The fourth-order valence-corrected chi connectivity index (χ4v) is 2.23. The van der Waals surface area contributed by atoms with Crippen LogP contribution in [0.15, 0.2) is 0 Å². The highest BCUT2D eigenvalue weighted by atomic mass is 16.5. The zero-order valence-corrected chi connectivity index (χ0v) is 9.38. The molecule has 0 aromatic carbocycles. The maximum Gasteiger partial charge on any atom is 0.322 e. The Labute approximate surface area is 86.2 Å². The summed E-state index contributed by atoms with van der Waals surface area (Å²) >= 11 is 0. The van der Waals surface area contributed by atoms with Crippen molar-refractivity contribution in [3.05, 3.63) is 0 Å². The monoisotopic (exact) mass is 199 g/mol. The Bertz CT molecular complexity index is 188. The lowest BCUT2D eigenvalue weighted by Crippen LogP contribution is -2.43. The third kappa shape index (κ3) is 2.98. The number of ether oxygens (including phenoxy) is 1. The van der Waals surface area contributed by atoms with Crippen LogP contribution >= 0.6 is 0 Å². The predicted molar refractivity (Wildman–Crippen MR) is 56.0 cm³/mol. The van der Waals surface area contributed by atoms with E-state index in [0.29, 0.717) is 6.04 Å².